The fourth-order valence-corrected chi connectivity index (χ4v) is 4.38. The first kappa shape index (κ1) is 14.2. The van der Waals surface area contributed by atoms with Crippen LogP contribution in [0.5, 0.6) is 0 Å². The van der Waals surface area contributed by atoms with Crippen LogP contribution in [0.25, 0.3) is 0 Å². The molecule has 112 valence electrons. The highest BCUT2D eigenvalue weighted by atomic mass is 16.3. The Hall–Kier alpha value is -0.760. The molecular formula is C18H29NO. The Morgan fingerprint density at radius 1 is 1.35 bits per heavy atom. The number of aromatic nitrogens is 1. The summed E-state index contributed by atoms with van der Waals surface area (Å²) in [5, 5.41) is 10.4. The van der Waals surface area contributed by atoms with E-state index in [1.807, 2.05) is 0 Å². The van der Waals surface area contributed by atoms with Crippen molar-refractivity contribution < 1.29 is 5.11 Å². The second-order valence-corrected chi connectivity index (χ2v) is 7.78. The summed E-state index contributed by atoms with van der Waals surface area (Å²) in [5.41, 5.74) is 2.83. The van der Waals surface area contributed by atoms with Crippen LogP contribution in [0.4, 0.5) is 0 Å². The number of nitrogens with zero attached hydrogens (tertiary/aromatic N) is 1. The first-order valence-electron chi connectivity index (χ1n) is 8.38. The van der Waals surface area contributed by atoms with Crippen molar-refractivity contribution in [1.29, 1.82) is 0 Å². The predicted octanol–water partition coefficient (Wildman–Crippen LogP) is 4.64. The topological polar surface area (TPSA) is 25.2 Å². The van der Waals surface area contributed by atoms with Crippen molar-refractivity contribution in [2.24, 2.45) is 11.3 Å². The predicted molar refractivity (Wildman–Crippen MR) is 82.8 cm³/mol. The number of aliphatic hydroxyl groups is 1. The highest BCUT2D eigenvalue weighted by Crippen LogP contribution is 2.44. The van der Waals surface area contributed by atoms with Gasteiger partial charge in [0, 0.05) is 23.5 Å². The van der Waals surface area contributed by atoms with Crippen LogP contribution in [0, 0.1) is 11.3 Å². The lowest BCUT2D eigenvalue weighted by Gasteiger charge is -2.37. The Labute approximate surface area is 123 Å². The normalized spacial score (nSPS) is 32.9. The Morgan fingerprint density at radius 2 is 2.15 bits per heavy atom. The molecule has 3 atom stereocenters. The van der Waals surface area contributed by atoms with Crippen molar-refractivity contribution in [1.82, 2.24) is 4.57 Å². The molecule has 3 rings (SSSR count). The van der Waals surface area contributed by atoms with Gasteiger partial charge in [-0.05, 0) is 43.1 Å². The molecule has 1 aromatic heterocycles. The molecule has 2 heteroatoms. The third-order valence-electron chi connectivity index (χ3n) is 5.54. The van der Waals surface area contributed by atoms with Crippen molar-refractivity contribution >= 4 is 0 Å². The summed E-state index contributed by atoms with van der Waals surface area (Å²) in [6.07, 6.45) is 10.7. The molecule has 0 radical (unpaired) electrons. The lowest BCUT2D eigenvalue weighted by molar-refractivity contribution is 0.0966. The van der Waals surface area contributed by atoms with Crippen molar-refractivity contribution in [3.8, 4) is 0 Å². The highest BCUT2D eigenvalue weighted by Gasteiger charge is 2.35. The summed E-state index contributed by atoms with van der Waals surface area (Å²) in [4.78, 5) is 0. The second kappa shape index (κ2) is 5.22. The van der Waals surface area contributed by atoms with Gasteiger partial charge in [-0.1, -0.05) is 40.0 Å². The fraction of sp³-hybridized carbons (Fsp3) is 0.778. The fourth-order valence-electron chi connectivity index (χ4n) is 4.38. The average molecular weight is 275 g/mol. The number of hydrogen-bond donors (Lipinski definition) is 1. The van der Waals surface area contributed by atoms with Gasteiger partial charge in [-0.2, -0.15) is 0 Å². The molecule has 3 unspecified atom stereocenters. The summed E-state index contributed by atoms with van der Waals surface area (Å²) >= 11 is 0. The van der Waals surface area contributed by atoms with Crippen LogP contribution in [-0.2, 0) is 6.42 Å². The van der Waals surface area contributed by atoms with Gasteiger partial charge in [0.2, 0.25) is 0 Å². The summed E-state index contributed by atoms with van der Waals surface area (Å²) in [5.74, 6) is 0.897. The molecule has 2 aliphatic rings. The molecule has 20 heavy (non-hydrogen) atoms. The lowest BCUT2D eigenvalue weighted by Crippen LogP contribution is -2.28. The summed E-state index contributed by atoms with van der Waals surface area (Å²) < 4.78 is 2.52. The zero-order chi connectivity index (χ0) is 14.3. The van der Waals surface area contributed by atoms with E-state index in [-0.39, 0.29) is 11.5 Å². The van der Waals surface area contributed by atoms with E-state index in [1.165, 1.54) is 43.4 Å². The Balaban J connectivity index is 1.88. The van der Waals surface area contributed by atoms with Crippen molar-refractivity contribution in [3.63, 3.8) is 0 Å². The summed E-state index contributed by atoms with van der Waals surface area (Å²) in [6, 6.07) is 2.84. The molecule has 2 aliphatic carbocycles. The minimum atomic E-state index is -0.263. The number of rotatable bonds is 2. The smallest absolute Gasteiger partial charge is 0.0812 e. The monoisotopic (exact) mass is 275 g/mol. The van der Waals surface area contributed by atoms with E-state index in [9.17, 15) is 5.11 Å². The average Bonchev–Trinajstić information content (AvgIpc) is 2.81. The van der Waals surface area contributed by atoms with Crippen LogP contribution in [-0.4, -0.2) is 9.67 Å². The maximum atomic E-state index is 10.4. The molecule has 1 fully saturated rings. The Kier molecular flexibility index (Phi) is 3.70. The molecule has 0 amide bonds. The van der Waals surface area contributed by atoms with E-state index in [4.69, 9.17) is 0 Å². The van der Waals surface area contributed by atoms with Gasteiger partial charge in [0.05, 0.1) is 6.10 Å². The van der Waals surface area contributed by atoms with Crippen LogP contribution in [0.3, 0.4) is 0 Å². The van der Waals surface area contributed by atoms with Crippen LogP contribution in [0.2, 0.25) is 0 Å². The lowest BCUT2D eigenvalue weighted by atomic mass is 9.75. The molecule has 1 aromatic rings. The second-order valence-electron chi connectivity index (χ2n) is 7.78. The van der Waals surface area contributed by atoms with Gasteiger partial charge in [0.1, 0.15) is 0 Å². The van der Waals surface area contributed by atoms with E-state index in [1.54, 1.807) is 0 Å². The SMILES string of the molecule is CCC1CCCC(n2ccc3c2CC(C)(C)CC3O)C1. The van der Waals surface area contributed by atoms with E-state index in [2.05, 4.69) is 37.6 Å². The number of fused-ring (bicyclic) bond motifs is 1. The third-order valence-corrected chi connectivity index (χ3v) is 5.54. The van der Waals surface area contributed by atoms with Crippen molar-refractivity contribution in [2.45, 2.75) is 77.9 Å². The van der Waals surface area contributed by atoms with E-state index in [0.29, 0.717) is 6.04 Å². The van der Waals surface area contributed by atoms with E-state index in [0.717, 1.165) is 18.8 Å². The Bertz CT molecular complexity index is 474. The van der Waals surface area contributed by atoms with Gasteiger partial charge in [-0.15, -0.1) is 0 Å². The van der Waals surface area contributed by atoms with Gasteiger partial charge in [-0.3, -0.25) is 0 Å². The maximum absolute atomic E-state index is 10.4. The standard InChI is InChI=1S/C18H29NO/c1-4-13-6-5-7-14(10-13)19-9-8-15-16(19)11-18(2,3)12-17(15)20/h8-9,13-14,17,20H,4-7,10-12H2,1-3H3. The zero-order valence-electron chi connectivity index (χ0n) is 13.2. The zero-order valence-corrected chi connectivity index (χ0v) is 13.2. The van der Waals surface area contributed by atoms with Crippen LogP contribution in [0.15, 0.2) is 12.3 Å². The van der Waals surface area contributed by atoms with Gasteiger partial charge < -0.3 is 9.67 Å². The van der Waals surface area contributed by atoms with Crippen molar-refractivity contribution in [2.75, 3.05) is 0 Å². The van der Waals surface area contributed by atoms with Crippen molar-refractivity contribution in [3.05, 3.63) is 23.5 Å². The molecule has 1 saturated carbocycles. The molecule has 1 heterocycles. The molecule has 0 saturated heterocycles. The molecule has 2 nitrogen and oxygen atoms in total. The molecule has 0 spiro atoms. The van der Waals surface area contributed by atoms with Crippen LogP contribution in [0.1, 0.15) is 82.7 Å². The molecule has 0 bridgehead atoms. The van der Waals surface area contributed by atoms with Gasteiger partial charge in [0.15, 0.2) is 0 Å². The molecular weight excluding hydrogens is 246 g/mol. The van der Waals surface area contributed by atoms with Gasteiger partial charge in [0.25, 0.3) is 0 Å². The van der Waals surface area contributed by atoms with Gasteiger partial charge >= 0.3 is 0 Å². The Morgan fingerprint density at radius 3 is 2.90 bits per heavy atom. The molecule has 0 aromatic carbocycles. The van der Waals surface area contributed by atoms with Crippen LogP contribution < -0.4 is 0 Å². The largest absolute Gasteiger partial charge is 0.388 e. The van der Waals surface area contributed by atoms with Crippen LogP contribution >= 0.6 is 0 Å². The third kappa shape index (κ3) is 2.55. The summed E-state index contributed by atoms with van der Waals surface area (Å²) in [6.45, 7) is 6.89. The quantitative estimate of drug-likeness (QED) is 0.836. The molecule has 1 N–H and O–H groups in total. The molecule has 0 aliphatic heterocycles. The summed E-state index contributed by atoms with van der Waals surface area (Å²) in [7, 11) is 0. The van der Waals surface area contributed by atoms with E-state index >= 15 is 0 Å². The highest BCUT2D eigenvalue weighted by molar-refractivity contribution is 5.29. The van der Waals surface area contributed by atoms with Gasteiger partial charge in [-0.25, -0.2) is 0 Å². The first-order chi connectivity index (χ1) is 9.50. The first-order valence-corrected chi connectivity index (χ1v) is 8.38. The maximum Gasteiger partial charge on any atom is 0.0812 e. The minimum absolute atomic E-state index is 0.224. The van der Waals surface area contributed by atoms with E-state index < -0.39 is 0 Å². The number of aliphatic hydroxyl groups excluding tert-OH is 1. The number of hydrogen-bond acceptors (Lipinski definition) is 1. The minimum Gasteiger partial charge on any atom is -0.388 e.